The van der Waals surface area contributed by atoms with Crippen LogP contribution >= 0.6 is 0 Å². The Morgan fingerprint density at radius 3 is 2.63 bits per heavy atom. The number of imidazole rings is 1. The van der Waals surface area contributed by atoms with Gasteiger partial charge in [-0.15, -0.1) is 0 Å². The van der Waals surface area contributed by atoms with E-state index in [0.717, 1.165) is 12.0 Å². The summed E-state index contributed by atoms with van der Waals surface area (Å²) in [7, 11) is 3.82. The fraction of sp³-hybridized carbons (Fsp3) is 0.370. The molecule has 1 unspecified atom stereocenters. The molecule has 2 aromatic heterocycles. The number of likely N-dealkylation sites (N-methyl/N-ethyl adjacent to an activating group) is 1. The highest BCUT2D eigenvalue weighted by Crippen LogP contribution is 2.40. The Hall–Kier alpha value is -3.65. The number of benzene rings is 1. The number of aryl methyl sites for hydroxylation is 2. The SMILES string of the molecule is CCCOc1cccc(C2C(=C(O)c3nc4c(C)cccn4c3C)C(=O)C(=O)N2CCN(C)C)c1. The first-order valence-electron chi connectivity index (χ1n) is 11.8. The predicted molar refractivity (Wildman–Crippen MR) is 134 cm³/mol. The van der Waals surface area contributed by atoms with Crippen molar-refractivity contribution >= 4 is 23.1 Å². The number of carbonyl (C=O) groups is 2. The van der Waals surface area contributed by atoms with Crippen LogP contribution in [0.15, 0.2) is 48.2 Å². The van der Waals surface area contributed by atoms with Crippen molar-refractivity contribution in [2.75, 3.05) is 33.8 Å². The molecule has 4 rings (SSSR count). The second kappa shape index (κ2) is 9.92. The zero-order valence-electron chi connectivity index (χ0n) is 20.9. The van der Waals surface area contributed by atoms with Crippen molar-refractivity contribution in [2.24, 2.45) is 0 Å². The van der Waals surface area contributed by atoms with E-state index in [1.165, 1.54) is 4.90 Å². The molecule has 0 spiro atoms. The lowest BCUT2D eigenvalue weighted by Gasteiger charge is -2.26. The minimum absolute atomic E-state index is 0.0468. The molecule has 1 N–H and O–H groups in total. The highest BCUT2D eigenvalue weighted by molar-refractivity contribution is 6.46. The van der Waals surface area contributed by atoms with Crippen LogP contribution in [0.5, 0.6) is 5.75 Å². The third-order valence-electron chi connectivity index (χ3n) is 6.28. The molecule has 8 nitrogen and oxygen atoms in total. The number of aromatic nitrogens is 2. The Balaban J connectivity index is 1.89. The van der Waals surface area contributed by atoms with Crippen molar-refractivity contribution in [3.63, 3.8) is 0 Å². The van der Waals surface area contributed by atoms with Gasteiger partial charge in [-0.25, -0.2) is 4.98 Å². The van der Waals surface area contributed by atoms with Crippen LogP contribution in [0.3, 0.4) is 0 Å². The van der Waals surface area contributed by atoms with Gasteiger partial charge in [0, 0.05) is 19.3 Å². The van der Waals surface area contributed by atoms with Crippen LogP contribution in [-0.4, -0.2) is 69.8 Å². The molecule has 1 atom stereocenters. The van der Waals surface area contributed by atoms with E-state index in [1.807, 2.05) is 86.8 Å². The van der Waals surface area contributed by atoms with Crippen LogP contribution in [0.2, 0.25) is 0 Å². The Bertz CT molecular complexity index is 1310. The normalized spacial score (nSPS) is 17.7. The number of hydrogen-bond acceptors (Lipinski definition) is 6. The number of Topliss-reactive ketones (excluding diaryl/α,β-unsaturated/α-hetero) is 1. The topological polar surface area (TPSA) is 87.4 Å². The molecule has 0 aliphatic carbocycles. The predicted octanol–water partition coefficient (Wildman–Crippen LogP) is 3.72. The smallest absolute Gasteiger partial charge is 0.295 e. The van der Waals surface area contributed by atoms with Crippen molar-refractivity contribution in [1.82, 2.24) is 19.2 Å². The van der Waals surface area contributed by atoms with Gasteiger partial charge >= 0.3 is 0 Å². The molecule has 0 bridgehead atoms. The number of ether oxygens (including phenoxy) is 1. The second-order valence-corrected chi connectivity index (χ2v) is 9.15. The van der Waals surface area contributed by atoms with Crippen molar-refractivity contribution < 1.29 is 19.4 Å². The Kier molecular flexibility index (Phi) is 6.93. The van der Waals surface area contributed by atoms with Crippen LogP contribution in [0, 0.1) is 13.8 Å². The Morgan fingerprint density at radius 2 is 1.94 bits per heavy atom. The molecule has 1 aliphatic rings. The largest absolute Gasteiger partial charge is 0.505 e. The third-order valence-corrected chi connectivity index (χ3v) is 6.28. The van der Waals surface area contributed by atoms with Crippen LogP contribution < -0.4 is 4.74 Å². The number of aliphatic hydroxyl groups excluding tert-OH is 1. The molecule has 8 heteroatoms. The van der Waals surface area contributed by atoms with E-state index in [-0.39, 0.29) is 11.3 Å². The summed E-state index contributed by atoms with van der Waals surface area (Å²) in [6, 6.07) is 10.5. The van der Waals surface area contributed by atoms with E-state index in [1.54, 1.807) is 0 Å². The van der Waals surface area contributed by atoms with Gasteiger partial charge in [-0.05, 0) is 63.7 Å². The number of ketones is 1. The van der Waals surface area contributed by atoms with Gasteiger partial charge in [0.2, 0.25) is 0 Å². The molecular weight excluding hydrogens is 444 g/mol. The summed E-state index contributed by atoms with van der Waals surface area (Å²) in [5.41, 5.74) is 3.38. The zero-order valence-corrected chi connectivity index (χ0v) is 20.9. The molecule has 35 heavy (non-hydrogen) atoms. The number of rotatable bonds is 8. The van der Waals surface area contributed by atoms with Gasteiger partial charge in [-0.3, -0.25) is 9.59 Å². The van der Waals surface area contributed by atoms with Crippen molar-refractivity contribution in [3.8, 4) is 5.75 Å². The van der Waals surface area contributed by atoms with Crippen LogP contribution in [0.25, 0.3) is 11.4 Å². The molecular formula is C27H32N4O4. The van der Waals surface area contributed by atoms with Gasteiger partial charge < -0.3 is 24.0 Å². The Morgan fingerprint density at radius 1 is 1.17 bits per heavy atom. The molecule has 3 heterocycles. The monoisotopic (exact) mass is 476 g/mol. The van der Waals surface area contributed by atoms with E-state index in [9.17, 15) is 14.7 Å². The molecule has 3 aromatic rings. The molecule has 0 radical (unpaired) electrons. The van der Waals surface area contributed by atoms with E-state index < -0.39 is 17.7 Å². The van der Waals surface area contributed by atoms with Crippen molar-refractivity contribution in [2.45, 2.75) is 33.2 Å². The highest BCUT2D eigenvalue weighted by Gasteiger charge is 2.46. The average molecular weight is 477 g/mol. The van der Waals surface area contributed by atoms with E-state index in [0.29, 0.717) is 48.0 Å². The number of likely N-dealkylation sites (tertiary alicyclic amines) is 1. The van der Waals surface area contributed by atoms with Gasteiger partial charge in [0.05, 0.1) is 23.9 Å². The summed E-state index contributed by atoms with van der Waals surface area (Å²) in [5, 5.41) is 11.5. The highest BCUT2D eigenvalue weighted by atomic mass is 16.5. The van der Waals surface area contributed by atoms with Gasteiger partial charge in [-0.1, -0.05) is 25.1 Å². The summed E-state index contributed by atoms with van der Waals surface area (Å²) in [4.78, 5) is 34.6. The van der Waals surface area contributed by atoms with Crippen molar-refractivity contribution in [1.29, 1.82) is 0 Å². The summed E-state index contributed by atoms with van der Waals surface area (Å²) in [6.45, 7) is 7.27. The minimum Gasteiger partial charge on any atom is -0.505 e. The number of aliphatic hydroxyl groups is 1. The summed E-state index contributed by atoms with van der Waals surface area (Å²) >= 11 is 0. The number of fused-ring (bicyclic) bond motifs is 1. The first-order valence-corrected chi connectivity index (χ1v) is 11.8. The maximum atomic E-state index is 13.3. The lowest BCUT2D eigenvalue weighted by molar-refractivity contribution is -0.140. The van der Waals surface area contributed by atoms with E-state index in [4.69, 9.17) is 4.74 Å². The first kappa shape index (κ1) is 24.5. The second-order valence-electron chi connectivity index (χ2n) is 9.15. The molecule has 1 saturated heterocycles. The van der Waals surface area contributed by atoms with Crippen molar-refractivity contribution in [3.05, 3.63) is 70.7 Å². The third kappa shape index (κ3) is 4.53. The Labute approximate surface area is 205 Å². The maximum Gasteiger partial charge on any atom is 0.295 e. The van der Waals surface area contributed by atoms with Gasteiger partial charge in [0.25, 0.3) is 11.7 Å². The molecule has 1 amide bonds. The average Bonchev–Trinajstić information content (AvgIpc) is 3.31. The molecule has 184 valence electrons. The fourth-order valence-electron chi connectivity index (χ4n) is 4.43. The first-order chi connectivity index (χ1) is 16.7. The number of hydrogen-bond donors (Lipinski definition) is 1. The quantitative estimate of drug-likeness (QED) is 0.303. The fourth-order valence-corrected chi connectivity index (χ4v) is 4.43. The lowest BCUT2D eigenvalue weighted by Crippen LogP contribution is -2.35. The summed E-state index contributed by atoms with van der Waals surface area (Å²) < 4.78 is 7.68. The maximum absolute atomic E-state index is 13.3. The van der Waals surface area contributed by atoms with Gasteiger partial charge in [0.15, 0.2) is 5.76 Å². The lowest BCUT2D eigenvalue weighted by atomic mass is 9.96. The standard InChI is InChI=1S/C27H32N4O4/c1-6-15-35-20-11-7-10-19(16-20)23-21(25(33)27(34)31(23)14-13-29(4)5)24(32)22-18(3)30-12-8-9-17(2)26(30)28-22/h7-12,16,23,32H,6,13-15H2,1-5H3. The van der Waals surface area contributed by atoms with E-state index >= 15 is 0 Å². The van der Waals surface area contributed by atoms with Crippen LogP contribution in [-0.2, 0) is 9.59 Å². The van der Waals surface area contributed by atoms with Gasteiger partial charge in [0.1, 0.15) is 17.1 Å². The van der Waals surface area contributed by atoms with Crippen LogP contribution in [0.1, 0.15) is 41.9 Å². The summed E-state index contributed by atoms with van der Waals surface area (Å²) in [5.74, 6) is -0.946. The molecule has 1 fully saturated rings. The minimum atomic E-state index is -0.745. The molecule has 1 aliphatic heterocycles. The molecule has 1 aromatic carbocycles. The van der Waals surface area contributed by atoms with Crippen LogP contribution in [0.4, 0.5) is 0 Å². The van der Waals surface area contributed by atoms with E-state index in [2.05, 4.69) is 4.98 Å². The summed E-state index contributed by atoms with van der Waals surface area (Å²) in [6.07, 6.45) is 2.72. The molecule has 0 saturated carbocycles. The zero-order chi connectivity index (χ0) is 25.3. The number of amides is 1. The number of nitrogens with zero attached hydrogens (tertiary/aromatic N) is 4. The number of pyridine rings is 1. The number of carbonyl (C=O) groups excluding carboxylic acids is 2. The van der Waals surface area contributed by atoms with Gasteiger partial charge in [-0.2, -0.15) is 0 Å².